The molecule has 0 aliphatic carbocycles. The van der Waals surface area contributed by atoms with Gasteiger partial charge in [0.1, 0.15) is 0 Å². The van der Waals surface area contributed by atoms with E-state index in [4.69, 9.17) is 9.05 Å². The SMILES string of the molecule is CCCCCCCCCCNP(=O)(OCC)OCC. The maximum absolute atomic E-state index is 12.1. The number of nitrogens with one attached hydrogen (secondary N) is 1. The monoisotopic (exact) mass is 293 g/mol. The molecule has 0 heterocycles. The van der Waals surface area contributed by atoms with E-state index in [1.165, 1.54) is 44.9 Å². The normalized spacial score (nSPS) is 11.9. The summed E-state index contributed by atoms with van der Waals surface area (Å²) in [5.74, 6) is 0. The van der Waals surface area contributed by atoms with Gasteiger partial charge in [0.15, 0.2) is 0 Å². The first-order chi connectivity index (χ1) is 9.18. The van der Waals surface area contributed by atoms with Crippen LogP contribution in [0.4, 0.5) is 0 Å². The van der Waals surface area contributed by atoms with E-state index in [2.05, 4.69) is 12.0 Å². The van der Waals surface area contributed by atoms with Crippen LogP contribution < -0.4 is 5.09 Å². The Balaban J connectivity index is 3.47. The molecule has 0 bridgehead atoms. The maximum Gasteiger partial charge on any atom is 0.405 e. The molecule has 0 aromatic carbocycles. The van der Waals surface area contributed by atoms with Crippen LogP contribution in [-0.4, -0.2) is 19.8 Å². The predicted octanol–water partition coefficient (Wildman–Crippen LogP) is 4.90. The number of rotatable bonds is 14. The van der Waals surface area contributed by atoms with E-state index < -0.39 is 7.75 Å². The van der Waals surface area contributed by atoms with Crippen LogP contribution in [0.5, 0.6) is 0 Å². The summed E-state index contributed by atoms with van der Waals surface area (Å²) in [5, 5.41) is 2.92. The maximum atomic E-state index is 12.1. The van der Waals surface area contributed by atoms with Gasteiger partial charge in [-0.3, -0.25) is 9.05 Å². The summed E-state index contributed by atoms with van der Waals surface area (Å²) in [7, 11) is -3.04. The molecular formula is C14H32NO3P. The lowest BCUT2D eigenvalue weighted by Gasteiger charge is -2.17. The molecule has 1 N–H and O–H groups in total. The van der Waals surface area contributed by atoms with Gasteiger partial charge in [-0.1, -0.05) is 51.9 Å². The molecule has 0 aliphatic rings. The Bertz CT molecular complexity index is 227. The lowest BCUT2D eigenvalue weighted by Crippen LogP contribution is -2.16. The summed E-state index contributed by atoms with van der Waals surface area (Å²) in [5.41, 5.74) is 0. The molecule has 0 aliphatic heterocycles. The van der Waals surface area contributed by atoms with Crippen LogP contribution in [0.25, 0.3) is 0 Å². The average Bonchev–Trinajstić information content (AvgIpc) is 2.37. The first-order valence-corrected chi connectivity index (χ1v) is 9.37. The molecule has 0 fully saturated rings. The van der Waals surface area contributed by atoms with Gasteiger partial charge >= 0.3 is 7.75 Å². The van der Waals surface area contributed by atoms with E-state index >= 15 is 0 Å². The molecule has 0 radical (unpaired) electrons. The van der Waals surface area contributed by atoms with Crippen molar-refractivity contribution in [2.45, 2.75) is 72.1 Å². The molecule has 4 nitrogen and oxygen atoms in total. The van der Waals surface area contributed by atoms with Crippen LogP contribution >= 0.6 is 7.75 Å². The average molecular weight is 293 g/mol. The third-order valence-corrected chi connectivity index (χ3v) is 4.74. The Hall–Kier alpha value is 0.110. The summed E-state index contributed by atoms with van der Waals surface area (Å²) >= 11 is 0. The zero-order valence-electron chi connectivity index (χ0n) is 13.0. The largest absolute Gasteiger partial charge is 0.405 e. The van der Waals surface area contributed by atoms with E-state index in [0.717, 1.165) is 6.42 Å². The smallest absolute Gasteiger partial charge is 0.297 e. The van der Waals surface area contributed by atoms with Crippen molar-refractivity contribution < 1.29 is 13.6 Å². The van der Waals surface area contributed by atoms with Gasteiger partial charge in [0, 0.05) is 6.54 Å². The minimum Gasteiger partial charge on any atom is -0.297 e. The zero-order valence-corrected chi connectivity index (χ0v) is 13.8. The van der Waals surface area contributed by atoms with Gasteiger partial charge in [0.05, 0.1) is 13.2 Å². The second-order valence-corrected chi connectivity index (χ2v) is 6.54. The molecule has 116 valence electrons. The fraction of sp³-hybridized carbons (Fsp3) is 1.00. The molecule has 0 atom stereocenters. The second-order valence-electron chi connectivity index (χ2n) is 4.72. The van der Waals surface area contributed by atoms with Crippen molar-refractivity contribution in [2.24, 2.45) is 0 Å². The van der Waals surface area contributed by atoms with Crippen LogP contribution in [0.1, 0.15) is 72.1 Å². The topological polar surface area (TPSA) is 47.6 Å². The Morgan fingerprint density at radius 2 is 1.26 bits per heavy atom. The fourth-order valence-electron chi connectivity index (χ4n) is 1.94. The minimum atomic E-state index is -3.04. The highest BCUT2D eigenvalue weighted by molar-refractivity contribution is 7.51. The molecule has 0 unspecified atom stereocenters. The number of hydrogen-bond donors (Lipinski definition) is 1. The van der Waals surface area contributed by atoms with Crippen molar-refractivity contribution >= 4 is 7.75 Å². The van der Waals surface area contributed by atoms with Gasteiger partial charge in [0.25, 0.3) is 0 Å². The van der Waals surface area contributed by atoms with Crippen molar-refractivity contribution in [2.75, 3.05) is 19.8 Å². The highest BCUT2D eigenvalue weighted by Crippen LogP contribution is 2.43. The van der Waals surface area contributed by atoms with Crippen molar-refractivity contribution in [1.29, 1.82) is 0 Å². The summed E-state index contributed by atoms with van der Waals surface area (Å²) in [6.07, 6.45) is 10.1. The Morgan fingerprint density at radius 1 is 0.789 bits per heavy atom. The molecule has 0 amide bonds. The zero-order chi connectivity index (χ0) is 14.4. The van der Waals surface area contributed by atoms with Crippen molar-refractivity contribution in [3.05, 3.63) is 0 Å². The van der Waals surface area contributed by atoms with E-state index in [0.29, 0.717) is 19.8 Å². The summed E-state index contributed by atoms with van der Waals surface area (Å²) in [4.78, 5) is 0. The second kappa shape index (κ2) is 13.1. The molecule has 19 heavy (non-hydrogen) atoms. The summed E-state index contributed by atoms with van der Waals surface area (Å²) in [6, 6.07) is 0. The quantitative estimate of drug-likeness (QED) is 0.365. The Labute approximate surface area is 119 Å². The van der Waals surface area contributed by atoms with Gasteiger partial charge in [-0.15, -0.1) is 0 Å². The van der Waals surface area contributed by atoms with Crippen LogP contribution in [0.15, 0.2) is 0 Å². The van der Waals surface area contributed by atoms with Crippen molar-refractivity contribution in [3.8, 4) is 0 Å². The van der Waals surface area contributed by atoms with Crippen LogP contribution in [0.2, 0.25) is 0 Å². The van der Waals surface area contributed by atoms with Crippen LogP contribution in [0, 0.1) is 0 Å². The third kappa shape index (κ3) is 11.6. The van der Waals surface area contributed by atoms with Gasteiger partial charge in [-0.05, 0) is 20.3 Å². The molecule has 0 saturated carbocycles. The first-order valence-electron chi connectivity index (χ1n) is 7.82. The van der Waals surface area contributed by atoms with Gasteiger partial charge in [-0.2, -0.15) is 0 Å². The van der Waals surface area contributed by atoms with E-state index in [1.807, 2.05) is 13.8 Å². The summed E-state index contributed by atoms with van der Waals surface area (Å²) in [6.45, 7) is 7.39. The predicted molar refractivity (Wildman–Crippen MR) is 81.5 cm³/mol. The molecule has 5 heteroatoms. The van der Waals surface area contributed by atoms with Crippen molar-refractivity contribution in [3.63, 3.8) is 0 Å². The lowest BCUT2D eigenvalue weighted by atomic mass is 10.1. The molecule has 0 aromatic rings. The van der Waals surface area contributed by atoms with Gasteiger partial charge < -0.3 is 0 Å². The van der Waals surface area contributed by atoms with E-state index in [-0.39, 0.29) is 0 Å². The fourth-order valence-corrected chi connectivity index (χ4v) is 3.31. The minimum absolute atomic E-state index is 0.404. The molecule has 0 rings (SSSR count). The van der Waals surface area contributed by atoms with Gasteiger partial charge in [0.2, 0.25) is 0 Å². The standard InChI is InChI=1S/C14H32NO3P/c1-4-7-8-9-10-11-12-13-14-15-19(16,17-5-2)18-6-3/h4-14H2,1-3H3,(H,15,16). The van der Waals surface area contributed by atoms with Gasteiger partial charge in [-0.25, -0.2) is 9.65 Å². The summed E-state index contributed by atoms with van der Waals surface area (Å²) < 4.78 is 22.4. The first kappa shape index (κ1) is 19.1. The molecule has 0 aromatic heterocycles. The van der Waals surface area contributed by atoms with E-state index in [1.54, 1.807) is 0 Å². The highest BCUT2D eigenvalue weighted by atomic mass is 31.2. The molecular weight excluding hydrogens is 261 g/mol. The van der Waals surface area contributed by atoms with E-state index in [9.17, 15) is 4.57 Å². The molecule has 0 spiro atoms. The number of hydrogen-bond acceptors (Lipinski definition) is 3. The Kier molecular flexibility index (Phi) is 13.2. The highest BCUT2D eigenvalue weighted by Gasteiger charge is 2.21. The Morgan fingerprint density at radius 3 is 1.74 bits per heavy atom. The lowest BCUT2D eigenvalue weighted by molar-refractivity contribution is 0.210. The number of unbranched alkanes of at least 4 members (excludes halogenated alkanes) is 7. The van der Waals surface area contributed by atoms with Crippen LogP contribution in [0.3, 0.4) is 0 Å². The van der Waals surface area contributed by atoms with Crippen molar-refractivity contribution in [1.82, 2.24) is 5.09 Å². The molecule has 0 saturated heterocycles. The third-order valence-electron chi connectivity index (χ3n) is 2.93. The van der Waals surface area contributed by atoms with Crippen LogP contribution in [-0.2, 0) is 13.6 Å².